The Hall–Kier alpha value is -5.39. The predicted octanol–water partition coefficient (Wildman–Crippen LogP) is 10.0. The van der Waals surface area contributed by atoms with Crippen molar-refractivity contribution in [3.63, 3.8) is 0 Å². The summed E-state index contributed by atoms with van der Waals surface area (Å²) in [5.74, 6) is 0. The topological polar surface area (TPSA) is 39.3 Å². The van der Waals surface area contributed by atoms with Crippen LogP contribution in [0.1, 0.15) is 5.56 Å². The molecule has 0 aliphatic carbocycles. The van der Waals surface area contributed by atoms with Gasteiger partial charge in [0.1, 0.15) is 14.8 Å². The van der Waals surface area contributed by atoms with Crippen molar-refractivity contribution in [1.29, 1.82) is 0 Å². The van der Waals surface area contributed by atoms with Crippen molar-refractivity contribution in [3.05, 3.63) is 151 Å². The van der Waals surface area contributed by atoms with Crippen molar-refractivity contribution in [1.82, 2.24) is 9.13 Å². The Morgan fingerprint density at radius 3 is 1.72 bits per heavy atom. The lowest BCUT2D eigenvalue weighted by Crippen LogP contribution is -2.13. The quantitative estimate of drug-likeness (QED) is 0.208. The first kappa shape index (κ1) is 24.2. The molecule has 5 heteroatoms. The summed E-state index contributed by atoms with van der Waals surface area (Å²) in [6.45, 7) is 0. The second-order valence-corrected chi connectivity index (χ2v) is 13.0. The van der Waals surface area contributed by atoms with E-state index in [4.69, 9.17) is 4.36 Å². The SMILES string of the molecule is O=S1(c2ccccc2)=Nc2ccccc2C=C1n1c2ccccc2c2ccc3c4ccccc4n(-c4ccccc4)c3c21. The number of benzene rings is 6. The lowest BCUT2D eigenvalue weighted by atomic mass is 10.1. The lowest BCUT2D eigenvalue weighted by molar-refractivity contribution is 0.682. The van der Waals surface area contributed by atoms with E-state index in [1.807, 2.05) is 60.7 Å². The van der Waals surface area contributed by atoms with Crippen LogP contribution in [0.4, 0.5) is 5.69 Å². The number of para-hydroxylation sites is 3. The minimum Gasteiger partial charge on any atom is -0.307 e. The number of rotatable bonds is 3. The van der Waals surface area contributed by atoms with Crippen molar-refractivity contribution >= 4 is 70.1 Å². The third-order valence-electron chi connectivity index (χ3n) is 8.49. The van der Waals surface area contributed by atoms with E-state index in [9.17, 15) is 0 Å². The maximum absolute atomic E-state index is 15.5. The highest BCUT2D eigenvalue weighted by Gasteiger charge is 2.30. The van der Waals surface area contributed by atoms with Gasteiger partial charge in [0, 0.05) is 32.8 Å². The molecule has 4 nitrogen and oxygen atoms in total. The van der Waals surface area contributed by atoms with E-state index in [1.54, 1.807) is 0 Å². The van der Waals surface area contributed by atoms with Crippen LogP contribution in [-0.4, -0.2) is 13.3 Å². The molecule has 6 aromatic carbocycles. The third-order valence-corrected chi connectivity index (χ3v) is 10.7. The Morgan fingerprint density at radius 1 is 0.488 bits per heavy atom. The van der Waals surface area contributed by atoms with Gasteiger partial charge in [-0.3, -0.25) is 4.57 Å². The average Bonchev–Trinajstić information content (AvgIpc) is 3.58. The minimum atomic E-state index is -3.07. The number of fused-ring (bicyclic) bond motifs is 8. The first-order chi connectivity index (χ1) is 21.2. The summed E-state index contributed by atoms with van der Waals surface area (Å²) in [6, 6.07) is 49.6. The average molecular weight is 572 g/mol. The summed E-state index contributed by atoms with van der Waals surface area (Å²) < 4.78 is 25.1. The highest BCUT2D eigenvalue weighted by molar-refractivity contribution is 8.02. The third kappa shape index (κ3) is 3.40. The van der Waals surface area contributed by atoms with Gasteiger partial charge in [0.25, 0.3) is 0 Å². The normalized spacial score (nSPS) is 16.4. The summed E-state index contributed by atoms with van der Waals surface area (Å²) >= 11 is 0. The first-order valence-electron chi connectivity index (χ1n) is 14.4. The summed E-state index contributed by atoms with van der Waals surface area (Å²) in [4.78, 5) is 0.692. The van der Waals surface area contributed by atoms with Crippen LogP contribution < -0.4 is 0 Å². The summed E-state index contributed by atoms with van der Waals surface area (Å²) in [5.41, 5.74) is 7.00. The molecule has 1 atom stereocenters. The van der Waals surface area contributed by atoms with Gasteiger partial charge in [0.05, 0.1) is 32.6 Å². The molecule has 0 saturated heterocycles. The van der Waals surface area contributed by atoms with Gasteiger partial charge in [-0.2, -0.15) is 4.36 Å². The van der Waals surface area contributed by atoms with Gasteiger partial charge in [-0.25, -0.2) is 4.21 Å². The largest absolute Gasteiger partial charge is 0.307 e. The van der Waals surface area contributed by atoms with Crippen LogP contribution in [0.5, 0.6) is 0 Å². The zero-order chi connectivity index (χ0) is 28.5. The lowest BCUT2D eigenvalue weighted by Gasteiger charge is -2.22. The molecule has 8 aromatic rings. The fraction of sp³-hybridized carbons (Fsp3) is 0. The molecule has 3 heterocycles. The number of hydrogen-bond acceptors (Lipinski definition) is 2. The molecule has 0 spiro atoms. The standard InChI is InChI=1S/C38H25N3OS/c42-43(28-16-5-2-6-17-28)36(25-26-13-7-10-20-33(26)39-43)41-35-22-12-9-19-30(35)32-24-23-31-29-18-8-11-21-34(29)40(37(31)38(32)41)27-14-3-1-4-15-27/h1-25H. The zero-order valence-corrected chi connectivity index (χ0v) is 23.9. The molecule has 0 bridgehead atoms. The van der Waals surface area contributed by atoms with Crippen LogP contribution in [0.2, 0.25) is 0 Å². The minimum absolute atomic E-state index is 0.668. The molecule has 0 saturated carbocycles. The number of hydrogen-bond donors (Lipinski definition) is 0. The Balaban J connectivity index is 1.53. The number of aromatic nitrogens is 2. The Labute approximate surface area is 248 Å². The highest BCUT2D eigenvalue weighted by atomic mass is 32.2. The predicted molar refractivity (Wildman–Crippen MR) is 179 cm³/mol. The van der Waals surface area contributed by atoms with Gasteiger partial charge < -0.3 is 4.57 Å². The summed E-state index contributed by atoms with van der Waals surface area (Å²) in [7, 11) is -3.07. The second kappa shape index (κ2) is 9.05. The molecule has 1 aliphatic heterocycles. The molecule has 0 radical (unpaired) electrons. The molecule has 0 N–H and O–H groups in total. The Kier molecular flexibility index (Phi) is 5.10. The molecule has 9 rings (SSSR count). The molecule has 204 valence electrons. The van der Waals surface area contributed by atoms with Crippen molar-refractivity contribution in [2.75, 3.05) is 0 Å². The Morgan fingerprint density at radius 2 is 1.02 bits per heavy atom. The van der Waals surface area contributed by atoms with Crippen LogP contribution in [0.3, 0.4) is 0 Å². The van der Waals surface area contributed by atoms with Crippen molar-refractivity contribution in [2.45, 2.75) is 4.90 Å². The fourth-order valence-electron chi connectivity index (χ4n) is 6.63. The first-order valence-corrected chi connectivity index (χ1v) is 15.9. The summed E-state index contributed by atoms with van der Waals surface area (Å²) in [6.07, 6.45) is 2.08. The van der Waals surface area contributed by atoms with E-state index in [2.05, 4.69) is 100 Å². The zero-order valence-electron chi connectivity index (χ0n) is 23.1. The van der Waals surface area contributed by atoms with E-state index >= 15 is 4.21 Å². The highest BCUT2D eigenvalue weighted by Crippen LogP contribution is 2.45. The smallest absolute Gasteiger partial charge is 0.126 e. The fourth-order valence-corrected chi connectivity index (χ4v) is 8.77. The van der Waals surface area contributed by atoms with Crippen LogP contribution in [0.15, 0.2) is 155 Å². The van der Waals surface area contributed by atoms with Crippen molar-refractivity contribution in [2.24, 2.45) is 4.36 Å². The van der Waals surface area contributed by atoms with E-state index in [1.165, 1.54) is 5.39 Å². The molecule has 43 heavy (non-hydrogen) atoms. The van der Waals surface area contributed by atoms with Gasteiger partial charge in [-0.1, -0.05) is 103 Å². The van der Waals surface area contributed by atoms with Gasteiger partial charge in [0.15, 0.2) is 0 Å². The molecule has 2 aromatic heterocycles. The molecule has 1 aliphatic rings. The van der Waals surface area contributed by atoms with Crippen LogP contribution in [0, 0.1) is 0 Å². The van der Waals surface area contributed by atoms with Crippen LogP contribution in [0.25, 0.3) is 60.4 Å². The molecule has 0 amide bonds. The number of nitrogens with zero attached hydrogens (tertiary/aromatic N) is 3. The maximum atomic E-state index is 15.5. The maximum Gasteiger partial charge on any atom is 0.126 e. The van der Waals surface area contributed by atoms with Gasteiger partial charge in [-0.05, 0) is 48.5 Å². The van der Waals surface area contributed by atoms with Crippen LogP contribution in [-0.2, 0) is 9.73 Å². The Bertz CT molecular complexity index is 2550. The van der Waals surface area contributed by atoms with Crippen molar-refractivity contribution < 1.29 is 4.21 Å². The van der Waals surface area contributed by atoms with Gasteiger partial charge in [0.2, 0.25) is 0 Å². The molecule has 1 unspecified atom stereocenters. The molecule has 0 fully saturated rings. The van der Waals surface area contributed by atoms with E-state index < -0.39 is 9.73 Å². The van der Waals surface area contributed by atoms with E-state index in [0.717, 1.165) is 55.2 Å². The van der Waals surface area contributed by atoms with Crippen LogP contribution >= 0.6 is 0 Å². The molecular formula is C38H25N3OS. The monoisotopic (exact) mass is 571 g/mol. The van der Waals surface area contributed by atoms with Gasteiger partial charge >= 0.3 is 0 Å². The molecular weight excluding hydrogens is 547 g/mol. The second-order valence-electron chi connectivity index (χ2n) is 10.9. The van der Waals surface area contributed by atoms with Gasteiger partial charge in [-0.15, -0.1) is 0 Å². The van der Waals surface area contributed by atoms with E-state index in [0.29, 0.717) is 9.92 Å². The van der Waals surface area contributed by atoms with Crippen molar-refractivity contribution in [3.8, 4) is 5.69 Å². The summed E-state index contributed by atoms with van der Waals surface area (Å²) in [5, 5.41) is 5.21. The van der Waals surface area contributed by atoms with E-state index in [-0.39, 0.29) is 0 Å².